The van der Waals surface area contributed by atoms with Crippen molar-refractivity contribution in [2.24, 2.45) is 0 Å². The molecule has 150 valence electrons. The van der Waals surface area contributed by atoms with Crippen molar-refractivity contribution < 1.29 is 14.6 Å². The molecule has 7 nitrogen and oxygen atoms in total. The van der Waals surface area contributed by atoms with E-state index in [4.69, 9.17) is 4.74 Å². The van der Waals surface area contributed by atoms with Gasteiger partial charge in [0.2, 0.25) is 0 Å². The standard InChI is InChI=1S/C21H27N3O4/c25-19-17(7-3-4-8-18(19)24-9-11-28-12-10-24)23-21(27)15-13-14-5-1-2-6-16(14)22-20(15)26/h1-2,5-6,13,17-19,25H,3-4,7-12H2,(H,22,26)(H,23,27)/t17-,18-,19-/m1/s1. The molecule has 0 radical (unpaired) electrons. The maximum Gasteiger partial charge on any atom is 0.261 e. The Bertz CT molecular complexity index is 891. The van der Waals surface area contributed by atoms with Gasteiger partial charge in [-0.3, -0.25) is 14.5 Å². The smallest absolute Gasteiger partial charge is 0.261 e. The van der Waals surface area contributed by atoms with Crippen molar-refractivity contribution in [3.8, 4) is 0 Å². The molecule has 0 unspecified atom stereocenters. The number of ether oxygens (including phenoxy) is 1. The molecule has 1 amide bonds. The monoisotopic (exact) mass is 385 g/mol. The van der Waals surface area contributed by atoms with Gasteiger partial charge in [-0.05, 0) is 30.4 Å². The topological polar surface area (TPSA) is 94.7 Å². The van der Waals surface area contributed by atoms with Crippen molar-refractivity contribution in [3.05, 3.63) is 46.2 Å². The maximum atomic E-state index is 12.8. The van der Waals surface area contributed by atoms with Gasteiger partial charge in [0.1, 0.15) is 5.56 Å². The van der Waals surface area contributed by atoms with Gasteiger partial charge in [0, 0.05) is 24.6 Å². The number of benzene rings is 1. The molecule has 1 saturated carbocycles. The number of carbonyl (C=O) groups excluding carboxylic acids is 1. The van der Waals surface area contributed by atoms with E-state index in [2.05, 4.69) is 15.2 Å². The number of aliphatic hydroxyl groups excluding tert-OH is 1. The minimum absolute atomic E-state index is 0.00610. The molecule has 4 rings (SSSR count). The molecule has 1 aromatic heterocycles. The number of H-pyrrole nitrogens is 1. The molecular weight excluding hydrogens is 358 g/mol. The van der Waals surface area contributed by atoms with Crippen molar-refractivity contribution >= 4 is 16.8 Å². The Labute approximate surface area is 163 Å². The fourth-order valence-corrected chi connectivity index (χ4v) is 4.35. The van der Waals surface area contributed by atoms with Gasteiger partial charge in [-0.2, -0.15) is 0 Å². The second kappa shape index (κ2) is 8.43. The van der Waals surface area contributed by atoms with E-state index in [1.807, 2.05) is 18.2 Å². The van der Waals surface area contributed by atoms with Gasteiger partial charge in [0.05, 0.1) is 25.4 Å². The third-order valence-electron chi connectivity index (χ3n) is 5.90. The molecule has 0 bridgehead atoms. The average Bonchev–Trinajstić information content (AvgIpc) is 2.89. The summed E-state index contributed by atoms with van der Waals surface area (Å²) in [4.78, 5) is 30.2. The zero-order chi connectivity index (χ0) is 19.5. The lowest BCUT2D eigenvalue weighted by molar-refractivity contribution is -0.0308. The molecule has 1 aromatic carbocycles. The summed E-state index contributed by atoms with van der Waals surface area (Å²) in [7, 11) is 0. The van der Waals surface area contributed by atoms with Crippen LogP contribution in [-0.4, -0.2) is 65.4 Å². The van der Waals surface area contributed by atoms with Crippen molar-refractivity contribution in [1.29, 1.82) is 0 Å². The van der Waals surface area contributed by atoms with Gasteiger partial charge < -0.3 is 20.1 Å². The van der Waals surface area contributed by atoms with Gasteiger partial charge in [0.15, 0.2) is 0 Å². The zero-order valence-electron chi connectivity index (χ0n) is 15.9. The molecule has 1 aliphatic heterocycles. The first-order chi connectivity index (χ1) is 13.6. The van der Waals surface area contributed by atoms with Gasteiger partial charge in [0.25, 0.3) is 11.5 Å². The first-order valence-electron chi connectivity index (χ1n) is 10.1. The van der Waals surface area contributed by atoms with Crippen LogP contribution in [-0.2, 0) is 4.74 Å². The Hall–Kier alpha value is -2.22. The van der Waals surface area contributed by atoms with E-state index in [0.717, 1.165) is 37.7 Å². The Morgan fingerprint density at radius 3 is 2.75 bits per heavy atom. The number of nitrogens with one attached hydrogen (secondary N) is 2. The van der Waals surface area contributed by atoms with E-state index < -0.39 is 17.6 Å². The molecule has 2 fully saturated rings. The largest absolute Gasteiger partial charge is 0.389 e. The number of hydrogen-bond donors (Lipinski definition) is 3. The van der Waals surface area contributed by atoms with Crippen LogP contribution in [0.2, 0.25) is 0 Å². The van der Waals surface area contributed by atoms with Crippen LogP contribution in [0.3, 0.4) is 0 Å². The predicted molar refractivity (Wildman–Crippen MR) is 106 cm³/mol. The Morgan fingerprint density at radius 1 is 1.18 bits per heavy atom. The number of para-hydroxylation sites is 1. The molecule has 2 aliphatic rings. The number of rotatable bonds is 3. The van der Waals surface area contributed by atoms with Crippen LogP contribution >= 0.6 is 0 Å². The van der Waals surface area contributed by atoms with E-state index in [1.165, 1.54) is 0 Å². The fourth-order valence-electron chi connectivity index (χ4n) is 4.35. The summed E-state index contributed by atoms with van der Waals surface area (Å²) < 4.78 is 5.42. The van der Waals surface area contributed by atoms with Crippen molar-refractivity contribution in [3.63, 3.8) is 0 Å². The minimum atomic E-state index is -0.663. The Morgan fingerprint density at radius 2 is 1.93 bits per heavy atom. The third-order valence-corrected chi connectivity index (χ3v) is 5.90. The SMILES string of the molecule is O=C(N[C@@H]1CCCC[C@@H](N2CCOCC2)[C@@H]1O)c1cc2ccccc2[nH]c1=O. The third kappa shape index (κ3) is 3.97. The zero-order valence-corrected chi connectivity index (χ0v) is 15.9. The molecule has 1 aliphatic carbocycles. The van der Waals surface area contributed by atoms with Crippen molar-refractivity contribution in [1.82, 2.24) is 15.2 Å². The summed E-state index contributed by atoms with van der Waals surface area (Å²) >= 11 is 0. The lowest BCUT2D eigenvalue weighted by Gasteiger charge is -2.38. The van der Waals surface area contributed by atoms with Crippen LogP contribution < -0.4 is 10.9 Å². The highest BCUT2D eigenvalue weighted by atomic mass is 16.5. The molecule has 3 N–H and O–H groups in total. The molecule has 2 heterocycles. The van der Waals surface area contributed by atoms with E-state index in [-0.39, 0.29) is 17.6 Å². The Balaban J connectivity index is 1.52. The highest BCUT2D eigenvalue weighted by Crippen LogP contribution is 2.24. The number of aromatic amines is 1. The molecular formula is C21H27N3O4. The molecule has 28 heavy (non-hydrogen) atoms. The molecule has 2 aromatic rings. The Kier molecular flexibility index (Phi) is 5.75. The van der Waals surface area contributed by atoms with Crippen LogP contribution in [0, 0.1) is 0 Å². The van der Waals surface area contributed by atoms with E-state index in [1.54, 1.807) is 12.1 Å². The number of morpholine rings is 1. The normalized spacial score (nSPS) is 26.7. The number of amides is 1. The molecule has 7 heteroatoms. The highest BCUT2D eigenvalue weighted by Gasteiger charge is 2.35. The molecule has 1 saturated heterocycles. The summed E-state index contributed by atoms with van der Waals surface area (Å²) in [5.41, 5.74) is 0.369. The van der Waals surface area contributed by atoms with Gasteiger partial charge in [-0.25, -0.2) is 0 Å². The number of pyridine rings is 1. The van der Waals surface area contributed by atoms with Crippen molar-refractivity contribution in [2.75, 3.05) is 26.3 Å². The summed E-state index contributed by atoms with van der Waals surface area (Å²) in [6, 6.07) is 8.62. The van der Waals surface area contributed by atoms with E-state index in [9.17, 15) is 14.7 Å². The number of aliphatic hydroxyl groups is 1. The number of fused-ring (bicyclic) bond motifs is 1. The number of aromatic nitrogens is 1. The highest BCUT2D eigenvalue weighted by molar-refractivity contribution is 5.97. The number of carbonyl (C=O) groups is 1. The van der Waals surface area contributed by atoms with Crippen LogP contribution in [0.4, 0.5) is 0 Å². The van der Waals surface area contributed by atoms with E-state index in [0.29, 0.717) is 25.2 Å². The van der Waals surface area contributed by atoms with Gasteiger partial charge in [-0.1, -0.05) is 31.0 Å². The molecule has 0 spiro atoms. The second-order valence-corrected chi connectivity index (χ2v) is 7.67. The summed E-state index contributed by atoms with van der Waals surface area (Å²) in [6.07, 6.45) is 2.91. The van der Waals surface area contributed by atoms with Crippen LogP contribution in [0.1, 0.15) is 36.0 Å². The first-order valence-corrected chi connectivity index (χ1v) is 10.1. The maximum absolute atomic E-state index is 12.8. The summed E-state index contributed by atoms with van der Waals surface area (Å²) in [5.74, 6) is -0.432. The predicted octanol–water partition coefficient (Wildman–Crippen LogP) is 1.26. The summed E-state index contributed by atoms with van der Waals surface area (Å²) in [5, 5.41) is 14.8. The van der Waals surface area contributed by atoms with E-state index >= 15 is 0 Å². The quantitative estimate of drug-likeness (QED) is 0.692. The van der Waals surface area contributed by atoms with Crippen molar-refractivity contribution in [2.45, 2.75) is 43.9 Å². The van der Waals surface area contributed by atoms with Gasteiger partial charge >= 0.3 is 0 Å². The van der Waals surface area contributed by atoms with Crippen LogP contribution in [0.15, 0.2) is 35.1 Å². The number of nitrogens with zero attached hydrogens (tertiary/aromatic N) is 1. The second-order valence-electron chi connectivity index (χ2n) is 7.67. The average molecular weight is 385 g/mol. The minimum Gasteiger partial charge on any atom is -0.389 e. The first kappa shape index (κ1) is 19.1. The van der Waals surface area contributed by atoms with Gasteiger partial charge in [-0.15, -0.1) is 0 Å². The fraction of sp³-hybridized carbons (Fsp3) is 0.524. The van der Waals surface area contributed by atoms with Crippen LogP contribution in [0.25, 0.3) is 10.9 Å². The summed E-state index contributed by atoms with van der Waals surface area (Å²) in [6.45, 7) is 2.94. The number of hydrogen-bond acceptors (Lipinski definition) is 5. The lowest BCUT2D eigenvalue weighted by atomic mass is 9.99. The lowest BCUT2D eigenvalue weighted by Crippen LogP contribution is -2.55. The molecule has 3 atom stereocenters. The van der Waals surface area contributed by atoms with Crippen LogP contribution in [0.5, 0.6) is 0 Å².